The first kappa shape index (κ1) is 48.8. The Labute approximate surface area is 324 Å². The van der Waals surface area contributed by atoms with Gasteiger partial charge in [-0.15, -0.1) is 8.58 Å². The lowest BCUT2D eigenvalue weighted by atomic mass is 9.90. The van der Waals surface area contributed by atoms with E-state index in [0.717, 1.165) is 52.0 Å². The molecule has 0 aliphatic heterocycles. The van der Waals surface area contributed by atoms with E-state index in [9.17, 15) is 4.79 Å². The van der Waals surface area contributed by atoms with E-state index in [2.05, 4.69) is 46.3 Å². The lowest BCUT2D eigenvalue weighted by Gasteiger charge is -2.18. The van der Waals surface area contributed by atoms with Crippen molar-refractivity contribution < 1.29 is 4.79 Å². The van der Waals surface area contributed by atoms with Crippen LogP contribution in [0.5, 0.6) is 0 Å². The Hall–Kier alpha value is -0.200. The van der Waals surface area contributed by atoms with Crippen LogP contribution in [0, 0.1) is 23.7 Å². The van der Waals surface area contributed by atoms with Gasteiger partial charge in [-0.3, -0.25) is 4.79 Å². The molecule has 51 heavy (non-hydrogen) atoms. The van der Waals surface area contributed by atoms with E-state index in [1.807, 2.05) is 0 Å². The molecule has 5 unspecified atom stereocenters. The van der Waals surface area contributed by atoms with Gasteiger partial charge in [0.2, 0.25) is 0 Å². The van der Waals surface area contributed by atoms with Crippen molar-refractivity contribution in [3.05, 3.63) is 12.2 Å². The summed E-state index contributed by atoms with van der Waals surface area (Å²) in [4.78, 5) is 15.3. The molecule has 0 radical (unpaired) electrons. The van der Waals surface area contributed by atoms with Gasteiger partial charge in [0.05, 0.1) is 0 Å². The number of hydrogen-bond donors (Lipinski definition) is 0. The van der Waals surface area contributed by atoms with Gasteiger partial charge in [0, 0.05) is 19.1 Å². The fourth-order valence-electron chi connectivity index (χ4n) is 8.37. The summed E-state index contributed by atoms with van der Waals surface area (Å²) in [6.07, 6.45) is 48.2. The molecule has 1 aliphatic carbocycles. The Morgan fingerprint density at radius 3 is 1.61 bits per heavy atom. The molecule has 0 spiro atoms. The van der Waals surface area contributed by atoms with Gasteiger partial charge >= 0.3 is 0 Å². The molecule has 1 saturated carbocycles. The lowest BCUT2D eigenvalue weighted by molar-refractivity contribution is -0.120. The molecule has 5 atom stereocenters. The molecule has 0 bridgehead atoms. The van der Waals surface area contributed by atoms with E-state index in [0.29, 0.717) is 11.7 Å². The van der Waals surface area contributed by atoms with Crippen molar-refractivity contribution in [3.63, 3.8) is 0 Å². The third kappa shape index (κ3) is 32.9. The Balaban J connectivity index is 2.10. The zero-order valence-corrected chi connectivity index (χ0v) is 36.8. The number of nitrogens with zero attached hydrogens (tertiary/aromatic N) is 1. The molecule has 1 aliphatic rings. The second-order valence-electron chi connectivity index (χ2n) is 17.9. The average Bonchev–Trinajstić information content (AvgIpc) is 3.86. The Morgan fingerprint density at radius 2 is 1.08 bits per heavy atom. The minimum atomic E-state index is 0.536. The molecule has 1 rings (SSSR count). The predicted octanol–water partition coefficient (Wildman–Crippen LogP) is 16.1. The highest BCUT2D eigenvalue weighted by Gasteiger charge is 2.35. The molecule has 0 aromatic carbocycles. The highest BCUT2D eigenvalue weighted by atomic mass is 31.1. The number of unbranched alkanes of at least 4 members (excludes halogenated alkanes) is 19. The minimum absolute atomic E-state index is 0.536. The van der Waals surface area contributed by atoms with Crippen molar-refractivity contribution in [1.82, 2.24) is 4.90 Å². The zero-order valence-electron chi connectivity index (χ0n) is 35.8. The monoisotopic (exact) mass is 732 g/mol. The molecule has 0 N–H and O–H groups in total. The molecule has 1 fully saturated rings. The maximum atomic E-state index is 13.0. The number of carbonyl (C=O) groups is 1. The highest BCUT2D eigenvalue weighted by molar-refractivity contribution is 7.37. The van der Waals surface area contributed by atoms with Crippen molar-refractivity contribution in [3.8, 4) is 0 Å². The Bertz CT molecular complexity index is 779. The van der Waals surface area contributed by atoms with Crippen LogP contribution in [0.3, 0.4) is 0 Å². The smallest absolute Gasteiger partial charge is 0.133 e. The van der Waals surface area contributed by atoms with Crippen LogP contribution in [0.1, 0.15) is 239 Å². The van der Waals surface area contributed by atoms with Crippen LogP contribution in [-0.4, -0.2) is 37.2 Å². The lowest BCUT2D eigenvalue weighted by Crippen LogP contribution is -2.12. The summed E-state index contributed by atoms with van der Waals surface area (Å²) in [5, 5.41) is 0. The molecule has 0 aromatic rings. The van der Waals surface area contributed by atoms with Crippen molar-refractivity contribution in [2.24, 2.45) is 23.7 Å². The van der Waals surface area contributed by atoms with Gasteiger partial charge in [0.15, 0.2) is 0 Å². The minimum Gasteiger partial charge on any atom is -0.306 e. The van der Waals surface area contributed by atoms with Crippen LogP contribution >= 0.6 is 8.58 Å². The number of rotatable bonds is 41. The van der Waals surface area contributed by atoms with E-state index in [1.54, 1.807) is 0 Å². The molecule has 0 aromatic heterocycles. The predicted molar refractivity (Wildman–Crippen MR) is 234 cm³/mol. The van der Waals surface area contributed by atoms with E-state index in [1.165, 1.54) is 211 Å². The van der Waals surface area contributed by atoms with Crippen molar-refractivity contribution in [1.29, 1.82) is 0 Å². The van der Waals surface area contributed by atoms with Crippen LogP contribution in [0.15, 0.2) is 12.2 Å². The van der Waals surface area contributed by atoms with Crippen molar-refractivity contribution in [2.45, 2.75) is 239 Å². The Kier molecular flexibility index (Phi) is 34.0. The second-order valence-corrected chi connectivity index (χ2v) is 19.2. The van der Waals surface area contributed by atoms with Gasteiger partial charge in [0.25, 0.3) is 0 Å². The maximum absolute atomic E-state index is 13.0. The zero-order chi connectivity index (χ0) is 37.2. The number of Topliss-reactive ketones (excluding diaryl/α,β-unsaturated/α-hetero) is 1. The SMILES string of the molecule is C=C(CCCCCCCC(C)CCCCCCCCC)CCC(CCPCN(C)C)CC(=O)CCCCCCCC1CC1CCCCCCCC. The summed E-state index contributed by atoms with van der Waals surface area (Å²) in [6.45, 7) is 11.6. The number of hydrogen-bond acceptors (Lipinski definition) is 2. The standard InChI is InChI=1S/C48H94NOP/c1-7-9-11-13-15-18-24-30-43(3)31-25-19-16-20-26-32-44(4)36-37-45(38-39-51-42-49(5)6)40-48(50)35-29-23-17-22-28-34-47-41-46(47)33-27-21-14-12-10-8-2/h43,45-47,51H,4,7-42H2,1-3,5-6H3. The van der Waals surface area contributed by atoms with E-state index in [-0.39, 0.29) is 0 Å². The summed E-state index contributed by atoms with van der Waals surface area (Å²) in [6, 6.07) is 0. The Morgan fingerprint density at radius 1 is 0.608 bits per heavy atom. The molecule has 302 valence electrons. The fourth-order valence-corrected chi connectivity index (χ4v) is 9.59. The largest absolute Gasteiger partial charge is 0.306 e. The first-order valence-corrected chi connectivity index (χ1v) is 24.8. The van der Waals surface area contributed by atoms with Gasteiger partial charge in [-0.1, -0.05) is 193 Å². The summed E-state index contributed by atoms with van der Waals surface area (Å²) in [7, 11) is 5.34. The van der Waals surface area contributed by atoms with Crippen LogP contribution in [0.4, 0.5) is 0 Å². The number of allylic oxidation sites excluding steroid dienone is 1. The van der Waals surface area contributed by atoms with Gasteiger partial charge in [-0.05, 0) is 88.9 Å². The summed E-state index contributed by atoms with van der Waals surface area (Å²) < 4.78 is 0. The number of ketones is 1. The summed E-state index contributed by atoms with van der Waals surface area (Å²) in [5.41, 5.74) is 1.44. The van der Waals surface area contributed by atoms with E-state index in [4.69, 9.17) is 0 Å². The van der Waals surface area contributed by atoms with Crippen LogP contribution in [0.25, 0.3) is 0 Å². The van der Waals surface area contributed by atoms with E-state index < -0.39 is 0 Å². The van der Waals surface area contributed by atoms with Gasteiger partial charge in [-0.25, -0.2) is 0 Å². The molecular weight excluding hydrogens is 638 g/mol. The van der Waals surface area contributed by atoms with Gasteiger partial charge in [-0.2, -0.15) is 0 Å². The summed E-state index contributed by atoms with van der Waals surface area (Å²) in [5.74, 6) is 4.14. The molecule has 0 amide bonds. The third-order valence-electron chi connectivity index (χ3n) is 12.1. The fraction of sp³-hybridized carbons (Fsp3) is 0.938. The van der Waals surface area contributed by atoms with Crippen molar-refractivity contribution >= 4 is 14.4 Å². The first-order valence-electron chi connectivity index (χ1n) is 23.4. The van der Waals surface area contributed by atoms with Crippen molar-refractivity contribution in [2.75, 3.05) is 26.5 Å². The normalized spacial score (nSPS) is 17.1. The molecular formula is C48H94NOP. The molecule has 0 heterocycles. The topological polar surface area (TPSA) is 20.3 Å². The third-order valence-corrected chi connectivity index (χ3v) is 13.6. The van der Waals surface area contributed by atoms with Gasteiger partial charge in [0.1, 0.15) is 5.78 Å². The maximum Gasteiger partial charge on any atom is 0.133 e. The highest BCUT2D eigenvalue weighted by Crippen LogP contribution is 2.45. The second kappa shape index (κ2) is 35.5. The van der Waals surface area contributed by atoms with Crippen LogP contribution in [0.2, 0.25) is 0 Å². The van der Waals surface area contributed by atoms with Gasteiger partial charge < -0.3 is 4.90 Å². The first-order chi connectivity index (χ1) is 24.8. The molecule has 2 nitrogen and oxygen atoms in total. The molecule has 3 heteroatoms. The van der Waals surface area contributed by atoms with Crippen LogP contribution in [-0.2, 0) is 4.79 Å². The number of carbonyl (C=O) groups excluding carboxylic acids is 1. The van der Waals surface area contributed by atoms with Crippen LogP contribution < -0.4 is 0 Å². The summed E-state index contributed by atoms with van der Waals surface area (Å²) >= 11 is 0. The average molecular weight is 732 g/mol. The molecule has 0 saturated heterocycles. The van der Waals surface area contributed by atoms with E-state index >= 15 is 0 Å². The quantitative estimate of drug-likeness (QED) is 0.0354.